The molecular formula is C23H27N3O3S. The molecule has 3 aromatic heterocycles. The highest BCUT2D eigenvalue weighted by molar-refractivity contribution is 7.17. The summed E-state index contributed by atoms with van der Waals surface area (Å²) in [6.07, 6.45) is 5.86. The number of rotatable bonds is 4. The van der Waals surface area contributed by atoms with Gasteiger partial charge in [0.25, 0.3) is 5.91 Å². The zero-order valence-corrected chi connectivity index (χ0v) is 18.2. The molecule has 0 bridgehead atoms. The first-order valence-corrected chi connectivity index (χ1v) is 11.6. The van der Waals surface area contributed by atoms with Crippen LogP contribution in [-0.4, -0.2) is 32.9 Å². The van der Waals surface area contributed by atoms with Gasteiger partial charge in [-0.3, -0.25) is 9.59 Å². The van der Waals surface area contributed by atoms with Crippen molar-refractivity contribution in [3.8, 4) is 0 Å². The maximum absolute atomic E-state index is 13.6. The summed E-state index contributed by atoms with van der Waals surface area (Å²) in [7, 11) is 0. The Hall–Kier alpha value is -2.54. The molecule has 0 radical (unpaired) electrons. The molecule has 6 nitrogen and oxygen atoms in total. The third-order valence-electron chi connectivity index (χ3n) is 6.78. The smallest absolute Gasteiger partial charge is 0.271 e. The van der Waals surface area contributed by atoms with Crippen LogP contribution in [0.1, 0.15) is 55.8 Å². The SMILES string of the molecule is CC1CCC(NC(=O)[C@]2(C)Cn3c(cc4sccc43)C(=O)N2Cc2ccco2)CC1. The predicted molar refractivity (Wildman–Crippen MR) is 116 cm³/mol. The molecule has 3 aromatic rings. The Labute approximate surface area is 179 Å². The molecule has 1 saturated carbocycles. The van der Waals surface area contributed by atoms with Gasteiger partial charge in [0.15, 0.2) is 0 Å². The van der Waals surface area contributed by atoms with Crippen LogP contribution < -0.4 is 5.32 Å². The van der Waals surface area contributed by atoms with Crippen molar-refractivity contribution in [2.45, 2.75) is 64.2 Å². The van der Waals surface area contributed by atoms with E-state index in [1.54, 1.807) is 22.5 Å². The lowest BCUT2D eigenvalue weighted by atomic mass is 9.86. The molecule has 1 N–H and O–H groups in total. The van der Waals surface area contributed by atoms with Gasteiger partial charge >= 0.3 is 0 Å². The van der Waals surface area contributed by atoms with Gasteiger partial charge in [-0.2, -0.15) is 0 Å². The number of carbonyl (C=O) groups excluding carboxylic acids is 2. The lowest BCUT2D eigenvalue weighted by Crippen LogP contribution is -2.64. The monoisotopic (exact) mass is 425 g/mol. The molecule has 1 atom stereocenters. The number of aromatic nitrogens is 1. The maximum Gasteiger partial charge on any atom is 0.271 e. The van der Waals surface area contributed by atoms with Gasteiger partial charge in [0, 0.05) is 6.04 Å². The molecule has 7 heteroatoms. The number of amides is 2. The van der Waals surface area contributed by atoms with Crippen LogP contribution in [-0.2, 0) is 17.9 Å². The van der Waals surface area contributed by atoms with Gasteiger partial charge in [0.1, 0.15) is 17.0 Å². The van der Waals surface area contributed by atoms with Crippen molar-refractivity contribution in [1.82, 2.24) is 14.8 Å². The number of nitrogens with one attached hydrogen (secondary N) is 1. The van der Waals surface area contributed by atoms with E-state index in [4.69, 9.17) is 4.42 Å². The van der Waals surface area contributed by atoms with Crippen molar-refractivity contribution >= 4 is 33.4 Å². The van der Waals surface area contributed by atoms with Gasteiger partial charge in [-0.25, -0.2) is 0 Å². The summed E-state index contributed by atoms with van der Waals surface area (Å²) < 4.78 is 8.60. The van der Waals surface area contributed by atoms with Gasteiger partial charge in [0.05, 0.1) is 29.6 Å². The Bertz CT molecular complexity index is 1070. The molecule has 5 rings (SSSR count). The Morgan fingerprint density at radius 2 is 2.10 bits per heavy atom. The topological polar surface area (TPSA) is 67.5 Å². The van der Waals surface area contributed by atoms with E-state index in [1.165, 1.54) is 0 Å². The van der Waals surface area contributed by atoms with E-state index in [0.717, 1.165) is 41.8 Å². The minimum atomic E-state index is -0.992. The second kappa shape index (κ2) is 7.30. The highest BCUT2D eigenvalue weighted by Gasteiger charge is 2.48. The molecule has 2 amide bonds. The summed E-state index contributed by atoms with van der Waals surface area (Å²) in [6.45, 7) is 4.86. The van der Waals surface area contributed by atoms with Gasteiger partial charge in [-0.1, -0.05) is 6.92 Å². The first-order chi connectivity index (χ1) is 14.5. The van der Waals surface area contributed by atoms with Crippen LogP contribution in [0.4, 0.5) is 0 Å². The fraction of sp³-hybridized carbons (Fsp3) is 0.478. The van der Waals surface area contributed by atoms with Crippen LogP contribution >= 0.6 is 11.3 Å². The van der Waals surface area contributed by atoms with Crippen molar-refractivity contribution in [3.63, 3.8) is 0 Å². The van der Waals surface area contributed by atoms with Crippen LogP contribution in [0.25, 0.3) is 10.2 Å². The molecule has 0 aromatic carbocycles. The first-order valence-electron chi connectivity index (χ1n) is 10.7. The zero-order chi connectivity index (χ0) is 20.9. The quantitative estimate of drug-likeness (QED) is 0.673. The third-order valence-corrected chi connectivity index (χ3v) is 7.64. The average Bonchev–Trinajstić information content (AvgIpc) is 3.45. The molecule has 158 valence electrons. The van der Waals surface area contributed by atoms with Gasteiger partial charge in [-0.15, -0.1) is 11.3 Å². The Morgan fingerprint density at radius 1 is 1.30 bits per heavy atom. The van der Waals surface area contributed by atoms with E-state index in [0.29, 0.717) is 18.0 Å². The van der Waals surface area contributed by atoms with Gasteiger partial charge in [-0.05, 0) is 68.2 Å². The molecule has 2 aliphatic rings. The molecule has 1 aliphatic heterocycles. The Kier molecular flexibility index (Phi) is 4.73. The van der Waals surface area contributed by atoms with E-state index in [-0.39, 0.29) is 24.4 Å². The lowest BCUT2D eigenvalue weighted by Gasteiger charge is -2.44. The highest BCUT2D eigenvalue weighted by Crippen LogP contribution is 2.35. The highest BCUT2D eigenvalue weighted by atomic mass is 32.1. The minimum absolute atomic E-state index is 0.0790. The zero-order valence-electron chi connectivity index (χ0n) is 17.4. The summed E-state index contributed by atoms with van der Waals surface area (Å²) in [5.41, 5.74) is 0.667. The van der Waals surface area contributed by atoms with Crippen LogP contribution in [0, 0.1) is 5.92 Å². The van der Waals surface area contributed by atoms with Crippen LogP contribution in [0.3, 0.4) is 0 Å². The summed E-state index contributed by atoms with van der Waals surface area (Å²) in [4.78, 5) is 28.9. The molecule has 1 fully saturated rings. The van der Waals surface area contributed by atoms with Gasteiger partial charge < -0.3 is 19.2 Å². The molecule has 0 unspecified atom stereocenters. The average molecular weight is 426 g/mol. The summed E-state index contributed by atoms with van der Waals surface area (Å²) >= 11 is 1.62. The Balaban J connectivity index is 1.50. The number of thiophene rings is 1. The van der Waals surface area contributed by atoms with E-state index >= 15 is 0 Å². The molecular weight excluding hydrogens is 398 g/mol. The summed E-state index contributed by atoms with van der Waals surface area (Å²) in [5.74, 6) is 1.19. The van der Waals surface area contributed by atoms with Crippen molar-refractivity contribution in [1.29, 1.82) is 0 Å². The maximum atomic E-state index is 13.6. The standard InChI is InChI=1S/C23H27N3O3S/c1-15-5-7-16(8-6-15)24-22(28)23(2)14-25-18-9-11-30-20(18)12-19(25)21(27)26(23)13-17-4-3-10-29-17/h3-4,9-12,15-16H,5-8,13-14H2,1-2H3,(H,24,28)/t15?,16?,23-/m0/s1. The lowest BCUT2D eigenvalue weighted by molar-refractivity contribution is -0.134. The number of hydrogen-bond acceptors (Lipinski definition) is 4. The number of furan rings is 1. The largest absolute Gasteiger partial charge is 0.467 e. The van der Waals surface area contributed by atoms with E-state index < -0.39 is 5.54 Å². The summed E-state index contributed by atoms with van der Waals surface area (Å²) in [6, 6.07) is 7.80. The van der Waals surface area contributed by atoms with Crippen LogP contribution in [0.5, 0.6) is 0 Å². The third kappa shape index (κ3) is 3.16. The number of carbonyl (C=O) groups is 2. The first kappa shape index (κ1) is 19.4. The van der Waals surface area contributed by atoms with E-state index in [9.17, 15) is 9.59 Å². The molecule has 0 saturated heterocycles. The Morgan fingerprint density at radius 3 is 2.83 bits per heavy atom. The predicted octanol–water partition coefficient (Wildman–Crippen LogP) is 4.41. The van der Waals surface area contributed by atoms with Crippen molar-refractivity contribution < 1.29 is 14.0 Å². The molecule has 0 spiro atoms. The number of fused-ring (bicyclic) bond motifs is 3. The normalized spacial score (nSPS) is 26.7. The van der Waals surface area contributed by atoms with Crippen molar-refractivity contribution in [2.75, 3.05) is 0 Å². The second-order valence-corrected chi connectivity index (χ2v) is 9.91. The second-order valence-electron chi connectivity index (χ2n) is 8.96. The molecule has 4 heterocycles. The van der Waals surface area contributed by atoms with E-state index in [1.807, 2.05) is 41.1 Å². The minimum Gasteiger partial charge on any atom is -0.467 e. The van der Waals surface area contributed by atoms with E-state index in [2.05, 4.69) is 12.2 Å². The fourth-order valence-electron chi connectivity index (χ4n) is 4.82. The number of hydrogen-bond donors (Lipinski definition) is 1. The van der Waals surface area contributed by atoms with Crippen molar-refractivity contribution in [3.05, 3.63) is 47.4 Å². The number of nitrogens with zero attached hydrogens (tertiary/aromatic N) is 2. The van der Waals surface area contributed by atoms with Crippen LogP contribution in [0.15, 0.2) is 40.3 Å². The molecule has 1 aliphatic carbocycles. The van der Waals surface area contributed by atoms with Crippen molar-refractivity contribution in [2.24, 2.45) is 5.92 Å². The summed E-state index contributed by atoms with van der Waals surface area (Å²) in [5, 5.41) is 5.30. The fourth-order valence-corrected chi connectivity index (χ4v) is 5.65. The molecule has 30 heavy (non-hydrogen) atoms. The van der Waals surface area contributed by atoms with Crippen LogP contribution in [0.2, 0.25) is 0 Å². The van der Waals surface area contributed by atoms with Gasteiger partial charge in [0.2, 0.25) is 5.91 Å².